The number of aromatic nitrogens is 2. The highest BCUT2D eigenvalue weighted by Gasteiger charge is 2.14. The van der Waals surface area contributed by atoms with Crippen molar-refractivity contribution in [3.63, 3.8) is 0 Å². The Kier molecular flexibility index (Phi) is 5.85. The molecule has 1 amide bonds. The van der Waals surface area contributed by atoms with Crippen molar-refractivity contribution in [2.24, 2.45) is 0 Å². The van der Waals surface area contributed by atoms with Crippen LogP contribution in [0.3, 0.4) is 0 Å². The average molecular weight is 469 g/mol. The third kappa shape index (κ3) is 4.29. The van der Waals surface area contributed by atoms with Gasteiger partial charge < -0.3 is 29.2 Å². The number of pyridine rings is 1. The van der Waals surface area contributed by atoms with Crippen molar-refractivity contribution in [2.75, 3.05) is 26.6 Å². The largest absolute Gasteiger partial charge is 0.495 e. The van der Waals surface area contributed by atoms with Gasteiger partial charge in [-0.3, -0.25) is 9.78 Å². The fraction of sp³-hybridized carbons (Fsp3) is 0.111. The lowest BCUT2D eigenvalue weighted by Crippen LogP contribution is -2.12. The second kappa shape index (κ2) is 9.26. The zero-order valence-corrected chi connectivity index (χ0v) is 19.4. The zero-order valence-electron chi connectivity index (χ0n) is 19.4. The normalized spacial score (nSPS) is 10.8. The van der Waals surface area contributed by atoms with Crippen LogP contribution in [0.5, 0.6) is 28.7 Å². The second-order valence-electron chi connectivity index (χ2n) is 7.72. The van der Waals surface area contributed by atoms with E-state index in [1.54, 1.807) is 51.8 Å². The number of ether oxygens (including phenoxy) is 4. The second-order valence-corrected chi connectivity index (χ2v) is 7.72. The number of hydrogen-bond acceptors (Lipinski definition) is 6. The number of H-pyrrole nitrogens is 1. The van der Waals surface area contributed by atoms with E-state index < -0.39 is 0 Å². The molecule has 0 radical (unpaired) electrons. The number of nitrogens with one attached hydrogen (secondary N) is 2. The third-order valence-corrected chi connectivity index (χ3v) is 5.63. The fourth-order valence-corrected chi connectivity index (χ4v) is 3.90. The van der Waals surface area contributed by atoms with Gasteiger partial charge in [0.05, 0.1) is 32.5 Å². The highest BCUT2D eigenvalue weighted by Crippen LogP contribution is 2.37. The molecule has 0 aliphatic heterocycles. The first-order valence-electron chi connectivity index (χ1n) is 10.9. The number of carbonyl (C=O) groups is 1. The van der Waals surface area contributed by atoms with E-state index in [2.05, 4.69) is 15.3 Å². The van der Waals surface area contributed by atoms with Crippen molar-refractivity contribution in [3.05, 3.63) is 78.6 Å². The molecule has 2 aromatic heterocycles. The molecule has 8 nitrogen and oxygen atoms in total. The minimum Gasteiger partial charge on any atom is -0.495 e. The van der Waals surface area contributed by atoms with Crippen LogP contribution in [-0.4, -0.2) is 37.2 Å². The summed E-state index contributed by atoms with van der Waals surface area (Å²) in [6, 6.07) is 20.1. The van der Waals surface area contributed by atoms with Crippen LogP contribution in [0.4, 0.5) is 5.69 Å². The van der Waals surface area contributed by atoms with Crippen molar-refractivity contribution in [3.8, 4) is 28.7 Å². The molecule has 0 saturated carbocycles. The first-order valence-corrected chi connectivity index (χ1v) is 10.9. The summed E-state index contributed by atoms with van der Waals surface area (Å²) >= 11 is 0. The predicted molar refractivity (Wildman–Crippen MR) is 134 cm³/mol. The van der Waals surface area contributed by atoms with Crippen molar-refractivity contribution in [2.45, 2.75) is 0 Å². The molecule has 176 valence electrons. The molecular formula is C27H23N3O5. The molecule has 0 spiro atoms. The third-order valence-electron chi connectivity index (χ3n) is 5.63. The molecule has 0 saturated heterocycles. The maximum absolute atomic E-state index is 12.8. The van der Waals surface area contributed by atoms with Crippen molar-refractivity contribution < 1.29 is 23.7 Å². The molecule has 0 atom stereocenters. The first kappa shape index (κ1) is 22.1. The summed E-state index contributed by atoms with van der Waals surface area (Å²) in [6.45, 7) is 0. The molecule has 0 aliphatic rings. The van der Waals surface area contributed by atoms with Gasteiger partial charge in [0.2, 0.25) is 0 Å². The molecule has 5 rings (SSSR count). The number of amides is 1. The SMILES string of the molecule is COc1ccccc1NC(=O)c1cc2cc(Oc3ccnc4cc(OC)c(OC)cc34)ccc2[nH]1. The summed E-state index contributed by atoms with van der Waals surface area (Å²) in [5.41, 5.74) is 2.56. The lowest BCUT2D eigenvalue weighted by atomic mass is 10.1. The van der Waals surface area contributed by atoms with Crippen LogP contribution in [0.2, 0.25) is 0 Å². The Morgan fingerprint density at radius 1 is 0.829 bits per heavy atom. The van der Waals surface area contributed by atoms with E-state index in [4.69, 9.17) is 18.9 Å². The van der Waals surface area contributed by atoms with E-state index in [0.29, 0.717) is 40.1 Å². The predicted octanol–water partition coefficient (Wildman–Crippen LogP) is 5.79. The number of aromatic amines is 1. The van der Waals surface area contributed by atoms with Crippen LogP contribution in [0.15, 0.2) is 72.9 Å². The Morgan fingerprint density at radius 2 is 1.60 bits per heavy atom. The molecule has 2 N–H and O–H groups in total. The van der Waals surface area contributed by atoms with Crippen molar-refractivity contribution >= 4 is 33.4 Å². The van der Waals surface area contributed by atoms with Gasteiger partial charge in [-0.25, -0.2) is 0 Å². The van der Waals surface area contributed by atoms with Crippen LogP contribution in [0.25, 0.3) is 21.8 Å². The van der Waals surface area contributed by atoms with Gasteiger partial charge in [-0.1, -0.05) is 12.1 Å². The van der Waals surface area contributed by atoms with Gasteiger partial charge >= 0.3 is 0 Å². The van der Waals surface area contributed by atoms with Crippen LogP contribution in [0, 0.1) is 0 Å². The van der Waals surface area contributed by atoms with Gasteiger partial charge in [0, 0.05) is 28.6 Å². The Hall–Kier alpha value is -4.72. The van der Waals surface area contributed by atoms with Gasteiger partial charge in [-0.15, -0.1) is 0 Å². The minimum absolute atomic E-state index is 0.269. The molecular weight excluding hydrogens is 446 g/mol. The van der Waals surface area contributed by atoms with E-state index in [-0.39, 0.29) is 5.91 Å². The monoisotopic (exact) mass is 469 g/mol. The summed E-state index contributed by atoms with van der Waals surface area (Å²) < 4.78 is 22.3. The zero-order chi connectivity index (χ0) is 24.4. The minimum atomic E-state index is -0.269. The van der Waals surface area contributed by atoms with Gasteiger partial charge in [0.25, 0.3) is 5.91 Å². The number of benzene rings is 3. The molecule has 35 heavy (non-hydrogen) atoms. The highest BCUT2D eigenvalue weighted by molar-refractivity contribution is 6.06. The number of hydrogen-bond donors (Lipinski definition) is 2. The summed E-state index contributed by atoms with van der Waals surface area (Å²) in [5.74, 6) is 2.75. The average Bonchev–Trinajstić information content (AvgIpc) is 3.32. The fourth-order valence-electron chi connectivity index (χ4n) is 3.90. The van der Waals surface area contributed by atoms with Crippen LogP contribution in [0.1, 0.15) is 10.5 Å². The molecule has 5 aromatic rings. The molecule has 0 unspecified atom stereocenters. The number of anilines is 1. The maximum atomic E-state index is 12.8. The van der Waals surface area contributed by atoms with Crippen LogP contribution in [-0.2, 0) is 0 Å². The van der Waals surface area contributed by atoms with Crippen LogP contribution < -0.4 is 24.3 Å². The number of rotatable bonds is 7. The first-order chi connectivity index (χ1) is 17.1. The Labute approximate surface area is 201 Å². The molecule has 2 heterocycles. The van der Waals surface area contributed by atoms with E-state index in [1.165, 1.54) is 0 Å². The summed E-state index contributed by atoms with van der Waals surface area (Å²) in [5, 5.41) is 4.50. The number of methoxy groups -OCH3 is 3. The number of carbonyl (C=O) groups excluding carboxylic acids is 1. The molecule has 0 aliphatic carbocycles. The van der Waals surface area contributed by atoms with E-state index in [9.17, 15) is 4.79 Å². The molecule has 0 fully saturated rings. The lowest BCUT2D eigenvalue weighted by molar-refractivity contribution is 0.102. The maximum Gasteiger partial charge on any atom is 0.272 e. The standard InChI is InChI=1S/C27H23N3O5/c1-32-24-7-5-4-6-20(24)30-27(31)22-13-16-12-17(8-9-19(16)29-22)35-23-10-11-28-21-15-26(34-3)25(33-2)14-18(21)23/h4-15,29H,1-3H3,(H,30,31). The highest BCUT2D eigenvalue weighted by atomic mass is 16.5. The topological polar surface area (TPSA) is 94.7 Å². The lowest BCUT2D eigenvalue weighted by Gasteiger charge is -2.12. The van der Waals surface area contributed by atoms with Crippen LogP contribution >= 0.6 is 0 Å². The Bertz CT molecular complexity index is 1540. The quantitative estimate of drug-likeness (QED) is 0.313. The van der Waals surface area contributed by atoms with Gasteiger partial charge in [-0.2, -0.15) is 0 Å². The van der Waals surface area contributed by atoms with Crippen molar-refractivity contribution in [1.82, 2.24) is 9.97 Å². The summed E-state index contributed by atoms with van der Waals surface area (Å²) in [7, 11) is 4.73. The number of para-hydroxylation sites is 2. The Balaban J connectivity index is 1.43. The molecule has 0 bridgehead atoms. The van der Waals surface area contributed by atoms with E-state index >= 15 is 0 Å². The Morgan fingerprint density at radius 3 is 2.40 bits per heavy atom. The molecule has 3 aromatic carbocycles. The van der Waals surface area contributed by atoms with E-state index in [0.717, 1.165) is 21.8 Å². The number of nitrogens with zero attached hydrogens (tertiary/aromatic N) is 1. The van der Waals surface area contributed by atoms with Gasteiger partial charge in [0.15, 0.2) is 11.5 Å². The van der Waals surface area contributed by atoms with E-state index in [1.807, 2.05) is 42.5 Å². The molecule has 8 heteroatoms. The number of fused-ring (bicyclic) bond motifs is 2. The summed E-state index contributed by atoms with van der Waals surface area (Å²) in [4.78, 5) is 20.4. The van der Waals surface area contributed by atoms with Gasteiger partial charge in [0.1, 0.15) is 22.9 Å². The summed E-state index contributed by atoms with van der Waals surface area (Å²) in [6.07, 6.45) is 1.68. The van der Waals surface area contributed by atoms with Crippen molar-refractivity contribution in [1.29, 1.82) is 0 Å². The smallest absolute Gasteiger partial charge is 0.272 e. The van der Waals surface area contributed by atoms with Gasteiger partial charge in [-0.05, 0) is 48.5 Å².